The highest BCUT2D eigenvalue weighted by Crippen LogP contribution is 2.21. The molecule has 122 valence electrons. The number of esters is 1. The van der Waals surface area contributed by atoms with E-state index < -0.39 is 5.97 Å². The molecule has 1 N–H and O–H groups in total. The smallest absolute Gasteiger partial charge is 0.348 e. The highest BCUT2D eigenvalue weighted by Gasteiger charge is 2.14. The van der Waals surface area contributed by atoms with Gasteiger partial charge in [-0.15, -0.1) is 16.4 Å². The van der Waals surface area contributed by atoms with Gasteiger partial charge >= 0.3 is 5.97 Å². The molecule has 0 saturated carbocycles. The van der Waals surface area contributed by atoms with Crippen LogP contribution in [-0.4, -0.2) is 39.2 Å². The second-order valence-electron chi connectivity index (χ2n) is 4.87. The summed E-state index contributed by atoms with van der Waals surface area (Å²) in [6.45, 7) is 1.90. The molecule has 8 nitrogen and oxygen atoms in total. The van der Waals surface area contributed by atoms with Gasteiger partial charge in [-0.1, -0.05) is 0 Å². The molecule has 0 unspecified atom stereocenters. The average Bonchev–Trinajstić information content (AvgIpc) is 3.26. The Kier molecular flexibility index (Phi) is 4.34. The van der Waals surface area contributed by atoms with Crippen LogP contribution in [0, 0.1) is 6.92 Å². The highest BCUT2D eigenvalue weighted by atomic mass is 32.1. The molecule has 3 aromatic rings. The molecule has 1 aromatic carbocycles. The number of tetrazole rings is 1. The van der Waals surface area contributed by atoms with Crippen molar-refractivity contribution in [3.63, 3.8) is 0 Å². The molecule has 0 spiro atoms. The molecule has 1 amide bonds. The number of rotatable bonds is 4. The van der Waals surface area contributed by atoms with Gasteiger partial charge in [0.15, 0.2) is 0 Å². The van der Waals surface area contributed by atoms with Gasteiger partial charge in [0.2, 0.25) is 0 Å². The van der Waals surface area contributed by atoms with Crippen LogP contribution in [-0.2, 0) is 4.74 Å². The normalized spacial score (nSPS) is 10.4. The monoisotopic (exact) mass is 343 g/mol. The summed E-state index contributed by atoms with van der Waals surface area (Å²) < 4.78 is 6.18. The third kappa shape index (κ3) is 3.15. The highest BCUT2D eigenvalue weighted by molar-refractivity contribution is 7.16. The Labute approximate surface area is 141 Å². The molecular weight excluding hydrogens is 330 g/mol. The zero-order chi connectivity index (χ0) is 17.1. The molecule has 0 saturated heterocycles. The topological polar surface area (TPSA) is 99.0 Å². The molecule has 0 fully saturated rings. The number of hydrogen-bond acceptors (Lipinski definition) is 7. The van der Waals surface area contributed by atoms with E-state index in [-0.39, 0.29) is 5.91 Å². The minimum atomic E-state index is -0.458. The Morgan fingerprint density at radius 3 is 2.67 bits per heavy atom. The summed E-state index contributed by atoms with van der Waals surface area (Å²) in [5, 5.41) is 13.8. The van der Waals surface area contributed by atoms with Gasteiger partial charge in [0.25, 0.3) is 5.91 Å². The van der Waals surface area contributed by atoms with Gasteiger partial charge < -0.3 is 10.1 Å². The van der Waals surface area contributed by atoms with Crippen molar-refractivity contribution in [3.05, 3.63) is 52.0 Å². The Morgan fingerprint density at radius 1 is 1.21 bits per heavy atom. The Bertz CT molecular complexity index is 888. The number of methoxy groups -OCH3 is 1. The number of aromatic nitrogens is 4. The minimum Gasteiger partial charge on any atom is -0.465 e. The first-order valence-electron chi connectivity index (χ1n) is 6.92. The number of hydrogen-bond donors (Lipinski definition) is 1. The lowest BCUT2D eigenvalue weighted by atomic mass is 10.2. The van der Waals surface area contributed by atoms with E-state index in [4.69, 9.17) is 0 Å². The summed E-state index contributed by atoms with van der Waals surface area (Å²) in [4.78, 5) is 24.5. The predicted molar refractivity (Wildman–Crippen MR) is 87.5 cm³/mol. The summed E-state index contributed by atoms with van der Waals surface area (Å²) in [7, 11) is 1.30. The lowest BCUT2D eigenvalue weighted by Crippen LogP contribution is -2.10. The van der Waals surface area contributed by atoms with Crippen molar-refractivity contribution in [2.45, 2.75) is 6.92 Å². The molecular formula is C15H13N5O3S. The zero-order valence-electron chi connectivity index (χ0n) is 12.9. The zero-order valence-corrected chi connectivity index (χ0v) is 13.7. The average molecular weight is 343 g/mol. The van der Waals surface area contributed by atoms with E-state index in [0.717, 1.165) is 22.6 Å². The number of benzene rings is 1. The van der Waals surface area contributed by atoms with Crippen LogP contribution < -0.4 is 5.32 Å². The van der Waals surface area contributed by atoms with Gasteiger partial charge in [0, 0.05) is 5.69 Å². The van der Waals surface area contributed by atoms with Crippen LogP contribution in [0.4, 0.5) is 5.69 Å². The van der Waals surface area contributed by atoms with Crippen molar-refractivity contribution in [1.29, 1.82) is 0 Å². The van der Waals surface area contributed by atoms with Gasteiger partial charge in [-0.2, -0.15) is 0 Å². The molecule has 0 radical (unpaired) electrons. The Morgan fingerprint density at radius 2 is 2.00 bits per heavy atom. The first-order valence-corrected chi connectivity index (χ1v) is 7.73. The van der Waals surface area contributed by atoms with E-state index >= 15 is 0 Å². The van der Waals surface area contributed by atoms with Gasteiger partial charge in [-0.25, -0.2) is 9.48 Å². The summed E-state index contributed by atoms with van der Waals surface area (Å²) in [6.07, 6.45) is 1.50. The van der Waals surface area contributed by atoms with E-state index in [1.54, 1.807) is 22.9 Å². The van der Waals surface area contributed by atoms with Crippen LogP contribution >= 0.6 is 11.3 Å². The van der Waals surface area contributed by atoms with E-state index in [0.29, 0.717) is 15.4 Å². The van der Waals surface area contributed by atoms with Crippen LogP contribution in [0.1, 0.15) is 24.9 Å². The van der Waals surface area contributed by atoms with E-state index in [2.05, 4.69) is 25.6 Å². The third-order valence-electron chi connectivity index (χ3n) is 3.27. The Hall–Kier alpha value is -3.07. The minimum absolute atomic E-state index is 0.287. The van der Waals surface area contributed by atoms with Crippen molar-refractivity contribution >= 4 is 28.9 Å². The standard InChI is InChI=1S/C15H13N5O3S/c1-9-7-10(3-4-11(9)20-8-16-18-19-20)17-14(21)12-5-6-13(24-12)15(22)23-2/h3-8H,1-2H3,(H,17,21). The number of amides is 1. The predicted octanol–water partition coefficient (Wildman–Crippen LogP) is 2.07. The summed E-state index contributed by atoms with van der Waals surface area (Å²) in [5.74, 6) is -0.745. The molecule has 0 aliphatic heterocycles. The second kappa shape index (κ2) is 6.59. The molecule has 2 aromatic heterocycles. The van der Waals surface area contributed by atoms with Crippen molar-refractivity contribution in [1.82, 2.24) is 20.2 Å². The molecule has 3 rings (SSSR count). The second-order valence-corrected chi connectivity index (χ2v) is 5.95. The molecule has 0 atom stereocenters. The number of carbonyl (C=O) groups excluding carboxylic acids is 2. The van der Waals surface area contributed by atoms with Crippen LogP contribution in [0.2, 0.25) is 0 Å². The fourth-order valence-electron chi connectivity index (χ4n) is 2.12. The lowest BCUT2D eigenvalue weighted by Gasteiger charge is -2.08. The van der Waals surface area contributed by atoms with Crippen LogP contribution in [0.15, 0.2) is 36.7 Å². The first kappa shape index (κ1) is 15.8. The quantitative estimate of drug-likeness (QED) is 0.728. The summed E-state index contributed by atoms with van der Waals surface area (Å²) >= 11 is 1.08. The molecule has 0 bridgehead atoms. The maximum atomic E-state index is 12.3. The van der Waals surface area contributed by atoms with Crippen molar-refractivity contribution in [2.75, 3.05) is 12.4 Å². The number of carbonyl (C=O) groups is 2. The fraction of sp³-hybridized carbons (Fsp3) is 0.133. The molecule has 0 aliphatic carbocycles. The summed E-state index contributed by atoms with van der Waals surface area (Å²) in [6, 6.07) is 8.56. The SMILES string of the molecule is COC(=O)c1ccc(C(=O)Nc2ccc(-n3cnnn3)c(C)c2)s1. The third-order valence-corrected chi connectivity index (χ3v) is 4.33. The van der Waals surface area contributed by atoms with Gasteiger partial charge in [-0.3, -0.25) is 4.79 Å². The van der Waals surface area contributed by atoms with Gasteiger partial charge in [0.05, 0.1) is 17.7 Å². The van der Waals surface area contributed by atoms with Crippen molar-refractivity contribution < 1.29 is 14.3 Å². The summed E-state index contributed by atoms with van der Waals surface area (Å²) in [5.41, 5.74) is 2.37. The molecule has 0 aliphatic rings. The number of ether oxygens (including phenoxy) is 1. The maximum absolute atomic E-state index is 12.3. The van der Waals surface area contributed by atoms with E-state index in [1.165, 1.54) is 13.4 Å². The van der Waals surface area contributed by atoms with E-state index in [9.17, 15) is 9.59 Å². The lowest BCUT2D eigenvalue weighted by molar-refractivity contribution is 0.0606. The van der Waals surface area contributed by atoms with Crippen molar-refractivity contribution in [2.24, 2.45) is 0 Å². The number of anilines is 1. The first-order chi connectivity index (χ1) is 11.6. The fourth-order valence-corrected chi connectivity index (χ4v) is 2.94. The van der Waals surface area contributed by atoms with Gasteiger partial charge in [-0.05, 0) is 53.2 Å². The number of nitrogens with one attached hydrogen (secondary N) is 1. The van der Waals surface area contributed by atoms with Crippen molar-refractivity contribution in [3.8, 4) is 5.69 Å². The molecule has 2 heterocycles. The number of thiophene rings is 1. The molecule has 9 heteroatoms. The molecule has 24 heavy (non-hydrogen) atoms. The maximum Gasteiger partial charge on any atom is 0.348 e. The number of aryl methyl sites for hydroxylation is 1. The van der Waals surface area contributed by atoms with Crippen LogP contribution in [0.5, 0.6) is 0 Å². The Balaban J connectivity index is 1.76. The van der Waals surface area contributed by atoms with Crippen LogP contribution in [0.3, 0.4) is 0 Å². The largest absolute Gasteiger partial charge is 0.465 e. The van der Waals surface area contributed by atoms with Crippen LogP contribution in [0.25, 0.3) is 5.69 Å². The van der Waals surface area contributed by atoms with Gasteiger partial charge in [0.1, 0.15) is 11.2 Å². The number of nitrogens with zero attached hydrogens (tertiary/aromatic N) is 4. The van der Waals surface area contributed by atoms with E-state index in [1.807, 2.05) is 19.1 Å².